The number of hydrogen-bond donors (Lipinski definition) is 2. The molecule has 0 aliphatic carbocycles. The number of H-pyrrole nitrogens is 1. The predicted octanol–water partition coefficient (Wildman–Crippen LogP) is 0.0809. The smallest absolute Gasteiger partial charge is 0.256 e. The average Bonchev–Trinajstić information content (AvgIpc) is 2.75. The molecule has 0 bridgehead atoms. The molecule has 6 nitrogen and oxygen atoms in total. The fourth-order valence-corrected chi connectivity index (χ4v) is 1.64. The molecule has 0 unspecified atom stereocenters. The van der Waals surface area contributed by atoms with Crippen molar-refractivity contribution < 1.29 is 4.79 Å². The van der Waals surface area contributed by atoms with Gasteiger partial charge in [0, 0.05) is 50.4 Å². The zero-order chi connectivity index (χ0) is 13.0. The SMILES string of the molecule is Cn1nccc1CCNC(=O)c1c[nH]ccc1=O. The summed E-state index contributed by atoms with van der Waals surface area (Å²) in [7, 11) is 1.85. The van der Waals surface area contributed by atoms with Crippen molar-refractivity contribution in [2.75, 3.05) is 6.54 Å². The maximum atomic E-state index is 11.7. The number of carbonyl (C=O) groups excluding carboxylic acids is 1. The Hall–Kier alpha value is -2.37. The van der Waals surface area contributed by atoms with Gasteiger partial charge in [-0.1, -0.05) is 0 Å². The molecule has 0 atom stereocenters. The maximum absolute atomic E-state index is 11.7. The van der Waals surface area contributed by atoms with Crippen molar-refractivity contribution in [2.24, 2.45) is 7.05 Å². The quantitative estimate of drug-likeness (QED) is 0.801. The first-order valence-corrected chi connectivity index (χ1v) is 5.60. The summed E-state index contributed by atoms with van der Waals surface area (Å²) in [5.74, 6) is -0.362. The highest BCUT2D eigenvalue weighted by Crippen LogP contribution is 1.96. The zero-order valence-electron chi connectivity index (χ0n) is 10.0. The minimum atomic E-state index is -0.362. The summed E-state index contributed by atoms with van der Waals surface area (Å²) in [5.41, 5.74) is 0.867. The molecule has 0 radical (unpaired) electrons. The van der Waals surface area contributed by atoms with Gasteiger partial charge in [-0.25, -0.2) is 0 Å². The van der Waals surface area contributed by atoms with Crippen LogP contribution in [0.3, 0.4) is 0 Å². The first-order valence-electron chi connectivity index (χ1n) is 5.60. The molecule has 2 N–H and O–H groups in total. The number of aromatic amines is 1. The Labute approximate surface area is 104 Å². The Morgan fingerprint density at radius 1 is 1.50 bits per heavy atom. The van der Waals surface area contributed by atoms with E-state index in [1.54, 1.807) is 10.9 Å². The summed E-state index contributed by atoms with van der Waals surface area (Å²) in [6.45, 7) is 0.465. The highest BCUT2D eigenvalue weighted by Gasteiger charge is 2.08. The van der Waals surface area contributed by atoms with Crippen LogP contribution >= 0.6 is 0 Å². The van der Waals surface area contributed by atoms with Gasteiger partial charge >= 0.3 is 0 Å². The molecule has 0 aliphatic heterocycles. The van der Waals surface area contributed by atoms with Gasteiger partial charge in [-0.15, -0.1) is 0 Å². The highest BCUT2D eigenvalue weighted by atomic mass is 16.2. The Kier molecular flexibility index (Phi) is 3.57. The third-order valence-corrected chi connectivity index (χ3v) is 2.66. The van der Waals surface area contributed by atoms with Crippen molar-refractivity contribution in [2.45, 2.75) is 6.42 Å². The van der Waals surface area contributed by atoms with Crippen molar-refractivity contribution >= 4 is 5.91 Å². The monoisotopic (exact) mass is 246 g/mol. The molecule has 1 amide bonds. The van der Waals surface area contributed by atoms with E-state index in [1.807, 2.05) is 13.1 Å². The number of pyridine rings is 1. The molecule has 6 heteroatoms. The van der Waals surface area contributed by atoms with Gasteiger partial charge in [-0.3, -0.25) is 14.3 Å². The fourth-order valence-electron chi connectivity index (χ4n) is 1.64. The molecule has 2 rings (SSSR count). The van der Waals surface area contributed by atoms with E-state index in [2.05, 4.69) is 15.4 Å². The minimum Gasteiger partial charge on any atom is -0.367 e. The summed E-state index contributed by atoms with van der Waals surface area (Å²) in [5, 5.41) is 6.74. The zero-order valence-corrected chi connectivity index (χ0v) is 10.0. The second kappa shape index (κ2) is 5.31. The van der Waals surface area contributed by atoms with Crippen LogP contribution in [0.4, 0.5) is 0 Å². The number of nitrogens with one attached hydrogen (secondary N) is 2. The minimum absolute atomic E-state index is 0.127. The first kappa shape index (κ1) is 12.1. The molecule has 2 aromatic heterocycles. The molecule has 2 aromatic rings. The topological polar surface area (TPSA) is 79.8 Å². The van der Waals surface area contributed by atoms with Gasteiger partial charge in [0.1, 0.15) is 5.56 Å². The van der Waals surface area contributed by atoms with E-state index in [0.29, 0.717) is 13.0 Å². The lowest BCUT2D eigenvalue weighted by Crippen LogP contribution is -2.30. The average molecular weight is 246 g/mol. The van der Waals surface area contributed by atoms with Crippen LogP contribution in [-0.2, 0) is 13.5 Å². The van der Waals surface area contributed by atoms with Crippen LogP contribution in [0.25, 0.3) is 0 Å². The number of rotatable bonds is 4. The normalized spacial score (nSPS) is 10.3. The third-order valence-electron chi connectivity index (χ3n) is 2.66. The molecular weight excluding hydrogens is 232 g/mol. The summed E-state index contributed by atoms with van der Waals surface area (Å²) in [6, 6.07) is 3.22. The molecule has 0 aromatic carbocycles. The van der Waals surface area contributed by atoms with Crippen LogP contribution in [-0.4, -0.2) is 27.2 Å². The van der Waals surface area contributed by atoms with Gasteiger partial charge in [-0.2, -0.15) is 5.10 Å². The molecular formula is C12H14N4O2. The highest BCUT2D eigenvalue weighted by molar-refractivity contribution is 5.93. The van der Waals surface area contributed by atoms with Crippen molar-refractivity contribution in [1.29, 1.82) is 0 Å². The summed E-state index contributed by atoms with van der Waals surface area (Å²) >= 11 is 0. The molecule has 94 valence electrons. The lowest BCUT2D eigenvalue weighted by Gasteiger charge is -2.04. The first-order chi connectivity index (χ1) is 8.68. The Morgan fingerprint density at radius 3 is 3.00 bits per heavy atom. The van der Waals surface area contributed by atoms with E-state index in [1.165, 1.54) is 18.5 Å². The molecule has 18 heavy (non-hydrogen) atoms. The number of carbonyl (C=O) groups is 1. The molecule has 0 saturated carbocycles. The number of aromatic nitrogens is 3. The van der Waals surface area contributed by atoms with E-state index in [0.717, 1.165) is 5.69 Å². The Balaban J connectivity index is 1.92. The van der Waals surface area contributed by atoms with Gasteiger partial charge in [0.15, 0.2) is 5.43 Å². The molecule has 0 fully saturated rings. The van der Waals surface area contributed by atoms with Crippen molar-refractivity contribution in [3.8, 4) is 0 Å². The van der Waals surface area contributed by atoms with Gasteiger partial charge in [0.05, 0.1) is 0 Å². The Morgan fingerprint density at radius 2 is 2.33 bits per heavy atom. The maximum Gasteiger partial charge on any atom is 0.256 e. The van der Waals surface area contributed by atoms with Crippen LogP contribution in [0.5, 0.6) is 0 Å². The van der Waals surface area contributed by atoms with E-state index in [4.69, 9.17) is 0 Å². The van der Waals surface area contributed by atoms with Crippen LogP contribution in [0, 0.1) is 0 Å². The van der Waals surface area contributed by atoms with Crippen LogP contribution in [0.15, 0.2) is 35.5 Å². The second-order valence-electron chi connectivity index (χ2n) is 3.87. The van der Waals surface area contributed by atoms with Crippen molar-refractivity contribution in [1.82, 2.24) is 20.1 Å². The van der Waals surface area contributed by atoms with Crippen LogP contribution in [0.2, 0.25) is 0 Å². The largest absolute Gasteiger partial charge is 0.367 e. The van der Waals surface area contributed by atoms with Crippen molar-refractivity contribution in [3.05, 3.63) is 52.2 Å². The van der Waals surface area contributed by atoms with E-state index in [9.17, 15) is 9.59 Å². The van der Waals surface area contributed by atoms with Gasteiger partial charge in [-0.05, 0) is 6.07 Å². The number of amides is 1. The fraction of sp³-hybridized carbons (Fsp3) is 0.250. The summed E-state index contributed by atoms with van der Waals surface area (Å²) < 4.78 is 1.75. The lowest BCUT2D eigenvalue weighted by atomic mass is 10.2. The van der Waals surface area contributed by atoms with E-state index >= 15 is 0 Å². The number of nitrogens with zero attached hydrogens (tertiary/aromatic N) is 2. The van der Waals surface area contributed by atoms with Gasteiger partial charge in [0.25, 0.3) is 5.91 Å². The lowest BCUT2D eigenvalue weighted by molar-refractivity contribution is 0.0952. The molecule has 0 aliphatic rings. The summed E-state index contributed by atoms with van der Waals surface area (Å²) in [6.07, 6.45) is 5.28. The Bertz CT molecular complexity index is 600. The molecule has 2 heterocycles. The van der Waals surface area contributed by atoms with Gasteiger partial charge in [0.2, 0.25) is 0 Å². The van der Waals surface area contributed by atoms with Crippen molar-refractivity contribution in [3.63, 3.8) is 0 Å². The van der Waals surface area contributed by atoms with Crippen LogP contribution < -0.4 is 10.7 Å². The van der Waals surface area contributed by atoms with E-state index in [-0.39, 0.29) is 16.9 Å². The molecule has 0 spiro atoms. The summed E-state index contributed by atoms with van der Waals surface area (Å²) in [4.78, 5) is 25.9. The number of aryl methyl sites for hydroxylation is 1. The van der Waals surface area contributed by atoms with Crippen LogP contribution in [0.1, 0.15) is 16.1 Å². The van der Waals surface area contributed by atoms with Gasteiger partial charge < -0.3 is 10.3 Å². The molecule has 0 saturated heterocycles. The predicted molar refractivity (Wildman–Crippen MR) is 66.3 cm³/mol. The number of hydrogen-bond acceptors (Lipinski definition) is 3. The van der Waals surface area contributed by atoms with E-state index < -0.39 is 0 Å². The third kappa shape index (κ3) is 2.65. The standard InChI is InChI=1S/C12H14N4O2/c1-16-9(3-7-15-16)2-6-14-12(18)10-8-13-5-4-11(10)17/h3-5,7-8H,2,6H2,1H3,(H,13,17)(H,14,18). The second-order valence-corrected chi connectivity index (χ2v) is 3.87.